The lowest BCUT2D eigenvalue weighted by atomic mass is 10.1. The highest BCUT2D eigenvalue weighted by molar-refractivity contribution is 6.31. The molecule has 0 aliphatic rings. The standard InChI is InChI=1S/C7H10ClN2/c1-5(2)7-6(8)4-9-10(7)3/h5H,1-3H3. The van der Waals surface area contributed by atoms with Crippen LogP contribution in [-0.2, 0) is 7.05 Å². The molecule has 1 aromatic heterocycles. The highest BCUT2D eigenvalue weighted by Gasteiger charge is 2.09. The Labute approximate surface area is 65.8 Å². The third-order valence-electron chi connectivity index (χ3n) is 1.42. The lowest BCUT2D eigenvalue weighted by Crippen LogP contribution is -1.99. The second-order valence-electron chi connectivity index (χ2n) is 2.59. The first-order valence-electron chi connectivity index (χ1n) is 3.23. The Kier molecular flexibility index (Phi) is 2.00. The SMILES string of the molecule is CC(C)c1c(Cl)[c]nn1C. The fraction of sp³-hybridized carbons (Fsp3) is 0.571. The predicted octanol–water partition coefficient (Wildman–Crippen LogP) is 2.00. The van der Waals surface area contributed by atoms with Crippen molar-refractivity contribution in [3.05, 3.63) is 16.9 Å². The van der Waals surface area contributed by atoms with Crippen LogP contribution in [0.3, 0.4) is 0 Å². The number of hydrogen-bond donors (Lipinski definition) is 0. The van der Waals surface area contributed by atoms with Crippen LogP contribution in [0.1, 0.15) is 25.5 Å². The molecule has 0 fully saturated rings. The largest absolute Gasteiger partial charge is 0.270 e. The smallest absolute Gasteiger partial charge is 0.133 e. The second-order valence-corrected chi connectivity index (χ2v) is 2.97. The van der Waals surface area contributed by atoms with Gasteiger partial charge in [-0.2, -0.15) is 5.10 Å². The van der Waals surface area contributed by atoms with Crippen LogP contribution in [-0.4, -0.2) is 9.78 Å². The maximum absolute atomic E-state index is 5.80. The molecule has 55 valence electrons. The van der Waals surface area contributed by atoms with Gasteiger partial charge in [0.05, 0.1) is 10.7 Å². The molecule has 1 rings (SSSR count). The van der Waals surface area contributed by atoms with Crippen LogP contribution in [0.5, 0.6) is 0 Å². The van der Waals surface area contributed by atoms with Crippen molar-refractivity contribution in [3.63, 3.8) is 0 Å². The van der Waals surface area contributed by atoms with Crippen molar-refractivity contribution in [1.82, 2.24) is 9.78 Å². The molecule has 2 nitrogen and oxygen atoms in total. The Bertz CT molecular complexity index is 208. The van der Waals surface area contributed by atoms with E-state index in [0.29, 0.717) is 10.9 Å². The van der Waals surface area contributed by atoms with Crippen molar-refractivity contribution in [1.29, 1.82) is 0 Å². The molecule has 0 N–H and O–H groups in total. The second kappa shape index (κ2) is 2.62. The van der Waals surface area contributed by atoms with Gasteiger partial charge in [-0.05, 0) is 5.92 Å². The molecular formula is C7H10ClN2. The molecular weight excluding hydrogens is 148 g/mol. The highest BCUT2D eigenvalue weighted by atomic mass is 35.5. The van der Waals surface area contributed by atoms with Gasteiger partial charge in [-0.1, -0.05) is 25.4 Å². The summed E-state index contributed by atoms with van der Waals surface area (Å²) in [5.41, 5.74) is 1.04. The van der Waals surface area contributed by atoms with E-state index in [9.17, 15) is 0 Å². The van der Waals surface area contributed by atoms with Gasteiger partial charge in [-0.15, -0.1) is 0 Å². The van der Waals surface area contributed by atoms with Crippen LogP contribution in [0.15, 0.2) is 0 Å². The molecule has 0 aliphatic carbocycles. The number of aromatic nitrogens is 2. The number of hydrogen-bond acceptors (Lipinski definition) is 1. The monoisotopic (exact) mass is 157 g/mol. The Morgan fingerprint density at radius 3 is 2.40 bits per heavy atom. The average molecular weight is 158 g/mol. The van der Waals surface area contributed by atoms with Crippen molar-refractivity contribution in [2.45, 2.75) is 19.8 Å². The number of nitrogens with zero attached hydrogens (tertiary/aromatic N) is 2. The van der Waals surface area contributed by atoms with Gasteiger partial charge in [0.15, 0.2) is 0 Å². The van der Waals surface area contributed by atoms with E-state index in [-0.39, 0.29) is 0 Å². The van der Waals surface area contributed by atoms with Crippen LogP contribution < -0.4 is 0 Å². The first-order chi connectivity index (χ1) is 4.63. The normalized spacial score (nSPS) is 10.9. The maximum atomic E-state index is 5.80. The zero-order valence-corrected chi connectivity index (χ0v) is 7.11. The molecule has 0 bridgehead atoms. The third kappa shape index (κ3) is 1.16. The minimum absolute atomic E-state index is 0.413. The van der Waals surface area contributed by atoms with Gasteiger partial charge in [0.25, 0.3) is 0 Å². The summed E-state index contributed by atoms with van der Waals surface area (Å²) in [5.74, 6) is 0.413. The van der Waals surface area contributed by atoms with Crippen LogP contribution in [0.2, 0.25) is 5.02 Å². The van der Waals surface area contributed by atoms with Gasteiger partial charge in [-0.3, -0.25) is 4.68 Å². The Morgan fingerprint density at radius 2 is 2.20 bits per heavy atom. The summed E-state index contributed by atoms with van der Waals surface area (Å²) in [6, 6.07) is 0. The highest BCUT2D eigenvalue weighted by Crippen LogP contribution is 2.21. The lowest BCUT2D eigenvalue weighted by molar-refractivity contribution is 0.668. The van der Waals surface area contributed by atoms with E-state index in [0.717, 1.165) is 5.69 Å². The number of halogens is 1. The minimum atomic E-state index is 0.413. The topological polar surface area (TPSA) is 17.8 Å². The van der Waals surface area contributed by atoms with Gasteiger partial charge in [-0.25, -0.2) is 0 Å². The molecule has 3 heteroatoms. The van der Waals surface area contributed by atoms with Crippen LogP contribution >= 0.6 is 11.6 Å². The van der Waals surface area contributed by atoms with E-state index in [4.69, 9.17) is 11.6 Å². The summed E-state index contributed by atoms with van der Waals surface area (Å²) in [6.45, 7) is 4.16. The summed E-state index contributed by atoms with van der Waals surface area (Å²) in [7, 11) is 1.87. The third-order valence-corrected chi connectivity index (χ3v) is 1.70. The van der Waals surface area contributed by atoms with Crippen molar-refractivity contribution >= 4 is 11.6 Å². The number of rotatable bonds is 1. The summed E-state index contributed by atoms with van der Waals surface area (Å²) in [4.78, 5) is 0. The zero-order chi connectivity index (χ0) is 7.72. The van der Waals surface area contributed by atoms with Crippen molar-refractivity contribution < 1.29 is 0 Å². The molecule has 0 saturated heterocycles. The van der Waals surface area contributed by atoms with Crippen LogP contribution in [0.25, 0.3) is 0 Å². The molecule has 0 spiro atoms. The van der Waals surface area contributed by atoms with Gasteiger partial charge in [0, 0.05) is 7.05 Å². The van der Waals surface area contributed by atoms with Crippen LogP contribution in [0, 0.1) is 6.20 Å². The summed E-state index contributed by atoms with van der Waals surface area (Å²) < 4.78 is 1.76. The molecule has 0 saturated carbocycles. The van der Waals surface area contributed by atoms with E-state index < -0.39 is 0 Å². The Hall–Kier alpha value is -0.500. The summed E-state index contributed by atoms with van der Waals surface area (Å²) in [5, 5.41) is 4.53. The van der Waals surface area contributed by atoms with Crippen LogP contribution in [0.4, 0.5) is 0 Å². The fourth-order valence-electron chi connectivity index (χ4n) is 0.999. The number of aryl methyl sites for hydroxylation is 1. The van der Waals surface area contributed by atoms with Gasteiger partial charge in [0.2, 0.25) is 0 Å². The Morgan fingerprint density at radius 1 is 1.60 bits per heavy atom. The zero-order valence-electron chi connectivity index (χ0n) is 6.35. The molecule has 0 aromatic carbocycles. The molecule has 1 radical (unpaired) electrons. The van der Waals surface area contributed by atoms with E-state index >= 15 is 0 Å². The van der Waals surface area contributed by atoms with E-state index in [2.05, 4.69) is 25.1 Å². The molecule has 10 heavy (non-hydrogen) atoms. The first-order valence-corrected chi connectivity index (χ1v) is 3.60. The maximum Gasteiger partial charge on any atom is 0.133 e. The van der Waals surface area contributed by atoms with Crippen molar-refractivity contribution in [2.24, 2.45) is 7.05 Å². The van der Waals surface area contributed by atoms with E-state index in [1.165, 1.54) is 0 Å². The lowest BCUT2D eigenvalue weighted by Gasteiger charge is -2.04. The van der Waals surface area contributed by atoms with E-state index in [1.807, 2.05) is 7.05 Å². The summed E-state index contributed by atoms with van der Waals surface area (Å²) >= 11 is 5.80. The molecule has 0 amide bonds. The summed E-state index contributed by atoms with van der Waals surface area (Å²) in [6.07, 6.45) is 2.70. The minimum Gasteiger partial charge on any atom is -0.270 e. The Balaban J connectivity index is 3.10. The van der Waals surface area contributed by atoms with Crippen molar-refractivity contribution in [3.8, 4) is 0 Å². The van der Waals surface area contributed by atoms with E-state index in [1.54, 1.807) is 4.68 Å². The average Bonchev–Trinajstić information content (AvgIpc) is 2.11. The first kappa shape index (κ1) is 7.61. The van der Waals surface area contributed by atoms with Crippen molar-refractivity contribution in [2.75, 3.05) is 0 Å². The quantitative estimate of drug-likeness (QED) is 0.610. The predicted molar refractivity (Wildman–Crippen MR) is 41.1 cm³/mol. The van der Waals surface area contributed by atoms with Gasteiger partial charge < -0.3 is 0 Å². The van der Waals surface area contributed by atoms with Gasteiger partial charge >= 0.3 is 0 Å². The molecule has 1 heterocycles. The fourth-order valence-corrected chi connectivity index (χ4v) is 1.38. The molecule has 0 aliphatic heterocycles. The van der Waals surface area contributed by atoms with Gasteiger partial charge in [0.1, 0.15) is 6.20 Å². The molecule has 1 aromatic rings. The molecule has 0 unspecified atom stereocenters. The molecule has 0 atom stereocenters.